The SMILES string of the molecule is COc1ccccc1NS(=O)(=O)c1cccc(NC(=O)C2CCCN2C(=O)OC(C)(C)C)c1. The highest BCUT2D eigenvalue weighted by molar-refractivity contribution is 7.92. The second-order valence-electron chi connectivity index (χ2n) is 8.65. The lowest BCUT2D eigenvalue weighted by Crippen LogP contribution is -2.45. The van der Waals surface area contributed by atoms with Crippen molar-refractivity contribution in [3.8, 4) is 5.75 Å². The number of methoxy groups -OCH3 is 1. The Morgan fingerprint density at radius 1 is 1.09 bits per heavy atom. The normalized spacial score (nSPS) is 16.2. The molecule has 0 saturated carbocycles. The molecule has 2 N–H and O–H groups in total. The van der Waals surface area contributed by atoms with E-state index in [1.165, 1.54) is 30.2 Å². The Labute approximate surface area is 194 Å². The van der Waals surface area contributed by atoms with Crippen LogP contribution in [0.5, 0.6) is 5.75 Å². The Balaban J connectivity index is 1.74. The van der Waals surface area contributed by atoms with Crippen molar-refractivity contribution in [3.05, 3.63) is 48.5 Å². The predicted molar refractivity (Wildman–Crippen MR) is 125 cm³/mol. The number of likely N-dealkylation sites (tertiary alicyclic amines) is 1. The van der Waals surface area contributed by atoms with Gasteiger partial charge >= 0.3 is 6.09 Å². The van der Waals surface area contributed by atoms with Gasteiger partial charge in [0.15, 0.2) is 0 Å². The first-order valence-corrected chi connectivity index (χ1v) is 12.0. The summed E-state index contributed by atoms with van der Waals surface area (Å²) in [4.78, 5) is 26.7. The van der Waals surface area contributed by atoms with Gasteiger partial charge in [-0.15, -0.1) is 0 Å². The van der Waals surface area contributed by atoms with Crippen LogP contribution >= 0.6 is 0 Å². The molecule has 1 saturated heterocycles. The minimum Gasteiger partial charge on any atom is -0.495 e. The minimum absolute atomic E-state index is 0.0263. The molecule has 1 atom stereocenters. The van der Waals surface area contributed by atoms with Crippen LogP contribution in [-0.2, 0) is 19.6 Å². The van der Waals surface area contributed by atoms with Crippen LogP contribution in [-0.4, -0.2) is 50.6 Å². The lowest BCUT2D eigenvalue weighted by atomic mass is 10.2. The van der Waals surface area contributed by atoms with Crippen LogP contribution in [0.2, 0.25) is 0 Å². The van der Waals surface area contributed by atoms with E-state index in [4.69, 9.17) is 9.47 Å². The third-order valence-corrected chi connectivity index (χ3v) is 6.31. The third-order valence-electron chi connectivity index (χ3n) is 4.95. The van der Waals surface area contributed by atoms with Gasteiger partial charge in [0, 0.05) is 12.2 Å². The third kappa shape index (κ3) is 6.16. The van der Waals surface area contributed by atoms with E-state index in [0.29, 0.717) is 36.5 Å². The van der Waals surface area contributed by atoms with E-state index in [9.17, 15) is 18.0 Å². The van der Waals surface area contributed by atoms with Crippen molar-refractivity contribution in [2.45, 2.75) is 50.2 Å². The van der Waals surface area contributed by atoms with E-state index in [1.54, 1.807) is 51.1 Å². The Morgan fingerprint density at radius 2 is 1.82 bits per heavy atom. The largest absolute Gasteiger partial charge is 0.495 e. The number of hydrogen-bond acceptors (Lipinski definition) is 6. The molecule has 0 aliphatic carbocycles. The van der Waals surface area contributed by atoms with Crippen LogP contribution in [0.25, 0.3) is 0 Å². The van der Waals surface area contributed by atoms with Gasteiger partial charge in [-0.25, -0.2) is 13.2 Å². The number of rotatable bonds is 6. The van der Waals surface area contributed by atoms with Gasteiger partial charge in [-0.3, -0.25) is 14.4 Å². The van der Waals surface area contributed by atoms with E-state index < -0.39 is 33.7 Å². The van der Waals surface area contributed by atoms with Gasteiger partial charge < -0.3 is 14.8 Å². The first kappa shape index (κ1) is 24.4. The van der Waals surface area contributed by atoms with Gasteiger partial charge in [-0.1, -0.05) is 18.2 Å². The predicted octanol–water partition coefficient (Wildman–Crippen LogP) is 3.83. The molecular weight excluding hydrogens is 446 g/mol. The van der Waals surface area contributed by atoms with Crippen molar-refractivity contribution in [2.24, 2.45) is 0 Å². The molecule has 0 radical (unpaired) electrons. The number of carbonyl (C=O) groups is 2. The first-order valence-electron chi connectivity index (χ1n) is 10.6. The van der Waals surface area contributed by atoms with Crippen LogP contribution in [0.3, 0.4) is 0 Å². The molecule has 33 heavy (non-hydrogen) atoms. The summed E-state index contributed by atoms with van der Waals surface area (Å²) >= 11 is 0. The van der Waals surface area contributed by atoms with Gasteiger partial charge in [-0.05, 0) is 63.9 Å². The van der Waals surface area contributed by atoms with E-state index in [0.717, 1.165) is 0 Å². The monoisotopic (exact) mass is 475 g/mol. The van der Waals surface area contributed by atoms with Gasteiger partial charge in [0.25, 0.3) is 10.0 Å². The zero-order valence-corrected chi connectivity index (χ0v) is 19.9. The number of anilines is 2. The molecule has 2 aromatic carbocycles. The second-order valence-corrected chi connectivity index (χ2v) is 10.3. The average molecular weight is 476 g/mol. The molecule has 1 aliphatic rings. The minimum atomic E-state index is -3.93. The summed E-state index contributed by atoms with van der Waals surface area (Å²) in [6.45, 7) is 5.72. The maximum Gasteiger partial charge on any atom is 0.410 e. The molecular formula is C23H29N3O6S. The molecule has 0 bridgehead atoms. The van der Waals surface area contributed by atoms with Crippen LogP contribution in [0.15, 0.2) is 53.4 Å². The summed E-state index contributed by atoms with van der Waals surface area (Å²) in [5.41, 5.74) is -0.0648. The summed E-state index contributed by atoms with van der Waals surface area (Å²) in [5.74, 6) is -0.0143. The van der Waals surface area contributed by atoms with E-state index in [-0.39, 0.29) is 4.90 Å². The molecule has 10 heteroatoms. The molecule has 1 fully saturated rings. The molecule has 178 valence electrons. The fraction of sp³-hybridized carbons (Fsp3) is 0.391. The highest BCUT2D eigenvalue weighted by Gasteiger charge is 2.36. The number of ether oxygens (including phenoxy) is 2. The molecule has 3 rings (SSSR count). The Kier molecular flexibility index (Phi) is 7.16. The van der Waals surface area contributed by atoms with Gasteiger partial charge in [0.1, 0.15) is 17.4 Å². The highest BCUT2D eigenvalue weighted by Crippen LogP contribution is 2.27. The molecule has 1 heterocycles. The number of para-hydroxylation sites is 2. The van der Waals surface area contributed by atoms with Crippen molar-refractivity contribution < 1.29 is 27.5 Å². The number of hydrogen-bond donors (Lipinski definition) is 2. The summed E-state index contributed by atoms with van der Waals surface area (Å²) in [6, 6.07) is 11.9. The van der Waals surface area contributed by atoms with Crippen LogP contribution < -0.4 is 14.8 Å². The van der Waals surface area contributed by atoms with Gasteiger partial charge in [-0.2, -0.15) is 0 Å². The van der Waals surface area contributed by atoms with Crippen molar-refractivity contribution in [3.63, 3.8) is 0 Å². The maximum absolute atomic E-state index is 12.9. The summed E-state index contributed by atoms with van der Waals surface area (Å²) < 4.78 is 38.9. The lowest BCUT2D eigenvalue weighted by molar-refractivity contribution is -0.120. The average Bonchev–Trinajstić information content (AvgIpc) is 3.23. The number of nitrogens with zero attached hydrogens (tertiary/aromatic N) is 1. The lowest BCUT2D eigenvalue weighted by Gasteiger charge is -2.28. The van der Waals surface area contributed by atoms with E-state index in [2.05, 4.69) is 10.0 Å². The Hall–Kier alpha value is -3.27. The summed E-state index contributed by atoms with van der Waals surface area (Å²) in [5, 5.41) is 2.73. The van der Waals surface area contributed by atoms with Crippen molar-refractivity contribution in [1.82, 2.24) is 4.90 Å². The zero-order valence-electron chi connectivity index (χ0n) is 19.1. The summed E-state index contributed by atoms with van der Waals surface area (Å²) in [6.07, 6.45) is 0.630. The first-order chi connectivity index (χ1) is 15.5. The van der Waals surface area contributed by atoms with Gasteiger partial charge in [0.2, 0.25) is 5.91 Å². The Bertz CT molecular complexity index is 1130. The zero-order chi connectivity index (χ0) is 24.2. The van der Waals surface area contributed by atoms with E-state index in [1.807, 2.05) is 0 Å². The molecule has 2 aromatic rings. The topological polar surface area (TPSA) is 114 Å². The van der Waals surface area contributed by atoms with E-state index >= 15 is 0 Å². The van der Waals surface area contributed by atoms with Crippen LogP contribution in [0.4, 0.5) is 16.2 Å². The standard InChI is InChI=1S/C23H29N3O6S/c1-23(2,3)32-22(28)26-14-8-12-19(26)21(27)24-16-9-7-10-17(15-16)33(29,30)25-18-11-5-6-13-20(18)31-4/h5-7,9-11,13,15,19,25H,8,12,14H2,1-4H3,(H,24,27). The maximum atomic E-state index is 12.9. The Morgan fingerprint density at radius 3 is 2.52 bits per heavy atom. The van der Waals surface area contributed by atoms with Crippen LogP contribution in [0, 0.1) is 0 Å². The highest BCUT2D eigenvalue weighted by atomic mass is 32.2. The van der Waals surface area contributed by atoms with Crippen molar-refractivity contribution >= 4 is 33.4 Å². The molecule has 9 nitrogen and oxygen atoms in total. The quantitative estimate of drug-likeness (QED) is 0.656. The fourth-order valence-electron chi connectivity index (χ4n) is 3.48. The number of sulfonamides is 1. The van der Waals surface area contributed by atoms with Crippen LogP contribution in [0.1, 0.15) is 33.6 Å². The molecule has 0 spiro atoms. The number of carbonyl (C=O) groups excluding carboxylic acids is 2. The fourth-order valence-corrected chi connectivity index (χ4v) is 4.59. The molecule has 2 amide bonds. The number of nitrogens with one attached hydrogen (secondary N) is 2. The number of benzene rings is 2. The molecule has 1 aliphatic heterocycles. The van der Waals surface area contributed by atoms with Gasteiger partial charge in [0.05, 0.1) is 17.7 Å². The van der Waals surface area contributed by atoms with Crippen molar-refractivity contribution in [2.75, 3.05) is 23.7 Å². The smallest absolute Gasteiger partial charge is 0.410 e. The summed E-state index contributed by atoms with van der Waals surface area (Å²) in [7, 11) is -2.48. The molecule has 1 unspecified atom stereocenters. The van der Waals surface area contributed by atoms with Crippen molar-refractivity contribution in [1.29, 1.82) is 0 Å². The second kappa shape index (κ2) is 9.70. The molecule has 0 aromatic heterocycles. The number of amides is 2.